The molecule has 0 fully saturated rings. The van der Waals surface area contributed by atoms with Gasteiger partial charge >= 0.3 is 158 Å². The van der Waals surface area contributed by atoms with Gasteiger partial charge in [0.05, 0.1) is 0 Å². The zero-order valence-corrected chi connectivity index (χ0v) is 20.9. The summed E-state index contributed by atoms with van der Waals surface area (Å²) < 4.78 is 11.7. The summed E-state index contributed by atoms with van der Waals surface area (Å²) in [5, 5.41) is 0. The van der Waals surface area contributed by atoms with Crippen molar-refractivity contribution in [2.24, 2.45) is 0 Å². The van der Waals surface area contributed by atoms with E-state index in [9.17, 15) is 0 Å². The molecule has 3 aromatic rings. The summed E-state index contributed by atoms with van der Waals surface area (Å²) in [6.45, 7) is 0. The fourth-order valence-corrected chi connectivity index (χ4v) is 9.67. The van der Waals surface area contributed by atoms with Gasteiger partial charge in [0.2, 0.25) is 0 Å². The molecule has 0 saturated heterocycles. The van der Waals surface area contributed by atoms with Gasteiger partial charge in [-0.25, -0.2) is 0 Å². The van der Waals surface area contributed by atoms with Crippen LogP contribution in [0.15, 0.2) is 91.0 Å². The van der Waals surface area contributed by atoms with Crippen LogP contribution in [0, 0.1) is 0 Å². The van der Waals surface area contributed by atoms with E-state index in [-0.39, 0.29) is 0 Å². The molecule has 0 spiro atoms. The molecule has 2 heteroatoms. The summed E-state index contributed by atoms with van der Waals surface area (Å²) in [7, 11) is 0. The SMILES string of the molecule is [CH3][Pb]([CH3])[CH3].c1cc[c]([Sn]([c]2ccccc2)[c]2ccccc2)cc1. The molecule has 23 heavy (non-hydrogen) atoms. The van der Waals surface area contributed by atoms with E-state index < -0.39 is 42.5 Å². The van der Waals surface area contributed by atoms with Crippen molar-refractivity contribution in [3.63, 3.8) is 0 Å². The van der Waals surface area contributed by atoms with Crippen LogP contribution in [0.2, 0.25) is 13.4 Å². The van der Waals surface area contributed by atoms with Crippen LogP contribution in [0.5, 0.6) is 0 Å². The normalized spacial score (nSPS) is 10.3. The molecule has 0 aliphatic heterocycles. The maximum atomic E-state index is 2.38. The third-order valence-corrected chi connectivity index (χ3v) is 11.0. The zero-order chi connectivity index (χ0) is 16.5. The standard InChI is InChI=1S/3C6H5.3CH3.Pb.Sn/c3*1-2-4-6-5-3-1;;;;;/h3*1-5H;3*1H3;;. The van der Waals surface area contributed by atoms with E-state index in [4.69, 9.17) is 0 Å². The second-order valence-electron chi connectivity index (χ2n) is 5.97. The van der Waals surface area contributed by atoms with Gasteiger partial charge in [0.15, 0.2) is 0 Å². The molecule has 0 atom stereocenters. The first kappa shape index (κ1) is 18.7. The number of benzene rings is 3. The Bertz CT molecular complexity index is 569. The second kappa shape index (κ2) is 10.3. The first-order valence-corrected chi connectivity index (χ1v) is 23.9. The van der Waals surface area contributed by atoms with Crippen molar-refractivity contribution in [3.05, 3.63) is 91.0 Å². The zero-order valence-electron chi connectivity index (χ0n) is 14.2. The molecule has 116 valence electrons. The molecule has 0 saturated carbocycles. The average Bonchev–Trinajstić information content (AvgIpc) is 2.58. The molecule has 3 rings (SSSR count). The van der Waals surface area contributed by atoms with Crippen LogP contribution in [-0.4, -0.2) is 42.5 Å². The first-order chi connectivity index (χ1) is 11.2. The molecule has 0 heterocycles. The van der Waals surface area contributed by atoms with Crippen molar-refractivity contribution in [1.82, 2.24) is 0 Å². The molecule has 0 aliphatic carbocycles. The summed E-state index contributed by atoms with van der Waals surface area (Å²) >= 11 is -2.64. The van der Waals surface area contributed by atoms with Gasteiger partial charge in [-0.05, 0) is 0 Å². The monoisotopic (exact) mass is 604 g/mol. The van der Waals surface area contributed by atoms with Crippen molar-refractivity contribution < 1.29 is 0 Å². The molecule has 2 radical (unpaired) electrons. The maximum absolute atomic E-state index is 2.38. The quantitative estimate of drug-likeness (QED) is 0.403. The topological polar surface area (TPSA) is 0 Å². The van der Waals surface area contributed by atoms with E-state index in [1.54, 1.807) is 0 Å². The van der Waals surface area contributed by atoms with Crippen molar-refractivity contribution in [2.75, 3.05) is 0 Å². The van der Waals surface area contributed by atoms with E-state index in [1.165, 1.54) is 10.7 Å². The Morgan fingerprint density at radius 3 is 0.913 bits per heavy atom. The van der Waals surface area contributed by atoms with Gasteiger partial charge < -0.3 is 0 Å². The summed E-state index contributed by atoms with van der Waals surface area (Å²) in [5.74, 6) is 0. The average molecular weight is 602 g/mol. The first-order valence-electron chi connectivity index (χ1n) is 7.98. The number of hydrogen-bond acceptors (Lipinski definition) is 0. The molecular formula is C21H24PbSn. The molecular weight excluding hydrogens is 578 g/mol. The van der Waals surface area contributed by atoms with Crippen LogP contribution in [0.25, 0.3) is 0 Å². The molecule has 0 aliphatic rings. The second-order valence-corrected chi connectivity index (χ2v) is 24.7. The van der Waals surface area contributed by atoms with Crippen LogP contribution in [0.4, 0.5) is 0 Å². The molecule has 3 aromatic carbocycles. The Labute approximate surface area is 156 Å². The summed E-state index contributed by atoms with van der Waals surface area (Å²) in [6, 6.07) is 32.9. The fourth-order valence-electron chi connectivity index (χ4n) is 2.31. The Balaban J connectivity index is 0.000000433. The Morgan fingerprint density at radius 1 is 0.478 bits per heavy atom. The molecule has 0 nitrogen and oxygen atoms in total. The minimum atomic E-state index is -1.98. The molecule has 0 unspecified atom stereocenters. The van der Waals surface area contributed by atoms with E-state index in [2.05, 4.69) is 104 Å². The molecule has 0 N–H and O–H groups in total. The van der Waals surface area contributed by atoms with Gasteiger partial charge in [0.1, 0.15) is 0 Å². The van der Waals surface area contributed by atoms with Crippen LogP contribution in [0.3, 0.4) is 0 Å². The van der Waals surface area contributed by atoms with Crippen LogP contribution in [-0.2, 0) is 0 Å². The van der Waals surface area contributed by atoms with Crippen molar-refractivity contribution >= 4 is 53.2 Å². The van der Waals surface area contributed by atoms with Gasteiger partial charge in [-0.2, -0.15) is 0 Å². The Morgan fingerprint density at radius 2 is 0.696 bits per heavy atom. The predicted octanol–water partition coefficient (Wildman–Crippen LogP) is 3.57. The minimum absolute atomic E-state index is 0.657. The molecule has 0 bridgehead atoms. The van der Waals surface area contributed by atoms with E-state index in [1.807, 2.05) is 0 Å². The van der Waals surface area contributed by atoms with Gasteiger partial charge in [-0.3, -0.25) is 0 Å². The summed E-state index contributed by atoms with van der Waals surface area (Å²) in [6.07, 6.45) is 0. The summed E-state index contributed by atoms with van der Waals surface area (Å²) in [4.78, 5) is 0. The molecule has 0 aromatic heterocycles. The van der Waals surface area contributed by atoms with Crippen molar-refractivity contribution in [1.29, 1.82) is 0 Å². The van der Waals surface area contributed by atoms with Crippen LogP contribution < -0.4 is 10.7 Å². The third kappa shape index (κ3) is 6.42. The van der Waals surface area contributed by atoms with E-state index in [0.29, 0.717) is 0 Å². The fraction of sp³-hybridized carbons (Fsp3) is 0.143. The Hall–Kier alpha value is -0.619. The Kier molecular flexibility index (Phi) is 8.37. The van der Waals surface area contributed by atoms with Gasteiger partial charge in [-0.15, -0.1) is 0 Å². The summed E-state index contributed by atoms with van der Waals surface area (Å²) in [5.41, 5.74) is 0. The van der Waals surface area contributed by atoms with E-state index in [0.717, 1.165) is 0 Å². The van der Waals surface area contributed by atoms with Crippen molar-refractivity contribution in [2.45, 2.75) is 13.4 Å². The van der Waals surface area contributed by atoms with Gasteiger partial charge in [-0.1, -0.05) is 0 Å². The van der Waals surface area contributed by atoms with E-state index >= 15 is 0 Å². The van der Waals surface area contributed by atoms with Crippen molar-refractivity contribution in [3.8, 4) is 0 Å². The van der Waals surface area contributed by atoms with Gasteiger partial charge in [0, 0.05) is 0 Å². The van der Waals surface area contributed by atoms with Crippen LogP contribution in [0.1, 0.15) is 0 Å². The number of hydrogen-bond donors (Lipinski definition) is 0. The predicted molar refractivity (Wildman–Crippen MR) is 107 cm³/mol. The van der Waals surface area contributed by atoms with Crippen LogP contribution >= 0.6 is 0 Å². The van der Waals surface area contributed by atoms with Gasteiger partial charge in [0.25, 0.3) is 0 Å². The number of rotatable bonds is 3. The third-order valence-electron chi connectivity index (χ3n) is 3.19. The molecule has 0 amide bonds.